The number of nitrogen functional groups attached to an aromatic ring is 1. The number of aromatic nitrogens is 4. The maximum absolute atomic E-state index is 13.5. The van der Waals surface area contributed by atoms with Crippen molar-refractivity contribution in [3.05, 3.63) is 42.9 Å². The van der Waals surface area contributed by atoms with Crippen LogP contribution in [0.2, 0.25) is 0 Å². The number of halogens is 2. The summed E-state index contributed by atoms with van der Waals surface area (Å²) in [5.74, 6) is -2.11. The Bertz CT molecular complexity index is 1180. The monoisotopic (exact) mass is 465 g/mol. The second-order valence-electron chi connectivity index (χ2n) is 9.99. The van der Waals surface area contributed by atoms with Gasteiger partial charge in [0, 0.05) is 62.7 Å². The molecule has 1 aromatic carbocycles. The van der Waals surface area contributed by atoms with E-state index in [1.165, 1.54) is 25.7 Å². The summed E-state index contributed by atoms with van der Waals surface area (Å²) in [7, 11) is 0. The maximum Gasteiger partial charge on any atom is 0.251 e. The lowest BCUT2D eigenvalue weighted by Crippen LogP contribution is -2.40. The highest BCUT2D eigenvalue weighted by Crippen LogP contribution is 2.54. The van der Waals surface area contributed by atoms with E-state index >= 15 is 0 Å². The summed E-state index contributed by atoms with van der Waals surface area (Å²) >= 11 is 0. The molecule has 34 heavy (non-hydrogen) atoms. The summed E-state index contributed by atoms with van der Waals surface area (Å²) in [5, 5.41) is 4.63. The highest BCUT2D eigenvalue weighted by molar-refractivity contribution is 5.69. The van der Waals surface area contributed by atoms with Crippen LogP contribution in [-0.2, 0) is 0 Å². The summed E-state index contributed by atoms with van der Waals surface area (Å²) in [6, 6.07) is 7.78. The molecule has 2 aliphatic heterocycles. The van der Waals surface area contributed by atoms with Crippen molar-refractivity contribution in [2.45, 2.75) is 44.4 Å². The fourth-order valence-electron chi connectivity index (χ4n) is 5.17. The lowest BCUT2D eigenvalue weighted by Gasteiger charge is -2.35. The van der Waals surface area contributed by atoms with Gasteiger partial charge >= 0.3 is 0 Å². The molecule has 178 valence electrons. The number of benzene rings is 1. The van der Waals surface area contributed by atoms with E-state index in [-0.39, 0.29) is 25.9 Å². The van der Waals surface area contributed by atoms with Crippen molar-refractivity contribution in [1.82, 2.24) is 19.7 Å². The molecule has 1 spiro atoms. The van der Waals surface area contributed by atoms with E-state index in [2.05, 4.69) is 20.0 Å². The summed E-state index contributed by atoms with van der Waals surface area (Å²) in [6.45, 7) is 2.58. The van der Waals surface area contributed by atoms with Crippen LogP contribution in [0, 0.1) is 5.41 Å². The zero-order valence-electron chi connectivity index (χ0n) is 19.1. The van der Waals surface area contributed by atoms with Gasteiger partial charge in [0.1, 0.15) is 0 Å². The Kier molecular flexibility index (Phi) is 4.97. The van der Waals surface area contributed by atoms with Gasteiger partial charge in [0.05, 0.1) is 23.3 Å². The molecular formula is C25H29F2N7. The van der Waals surface area contributed by atoms with E-state index in [0.717, 1.165) is 41.4 Å². The summed E-state index contributed by atoms with van der Waals surface area (Å²) in [5.41, 5.74) is 11.2. The average molecular weight is 466 g/mol. The van der Waals surface area contributed by atoms with Crippen LogP contribution in [0.1, 0.15) is 38.5 Å². The van der Waals surface area contributed by atoms with Gasteiger partial charge in [-0.25, -0.2) is 23.4 Å². The van der Waals surface area contributed by atoms with Crippen LogP contribution in [0.15, 0.2) is 42.9 Å². The number of hydrogen-bond donors (Lipinski definition) is 1. The van der Waals surface area contributed by atoms with Crippen LogP contribution in [0.5, 0.6) is 0 Å². The Labute approximate surface area is 197 Å². The Morgan fingerprint density at radius 2 is 1.59 bits per heavy atom. The standard InChI is InChI=1S/C25H29F2N7/c26-25(27)8-13-33(14-9-25)23-29-10-3-20(31-23)18-16-30-34(17-18)21-2-1-19(28)15-22(21)32-11-6-24(4-5-24)7-12-32/h1-3,10,15-17H,4-9,11-14,28H2. The summed E-state index contributed by atoms with van der Waals surface area (Å²) < 4.78 is 29.0. The Hall–Kier alpha value is -3.23. The zero-order chi connectivity index (χ0) is 23.3. The lowest BCUT2D eigenvalue weighted by molar-refractivity contribution is -0.0222. The molecule has 0 amide bonds. The van der Waals surface area contributed by atoms with Crippen LogP contribution in [0.3, 0.4) is 0 Å². The normalized spacial score (nSPS) is 21.1. The van der Waals surface area contributed by atoms with Crippen molar-refractivity contribution in [2.24, 2.45) is 5.41 Å². The number of nitrogens with two attached hydrogens (primary N) is 1. The first-order valence-corrected chi connectivity index (χ1v) is 12.1. The zero-order valence-corrected chi connectivity index (χ0v) is 19.1. The van der Waals surface area contributed by atoms with E-state index < -0.39 is 5.92 Å². The summed E-state index contributed by atoms with van der Waals surface area (Å²) in [6.07, 6.45) is 10.3. The molecule has 2 saturated heterocycles. The molecular weight excluding hydrogens is 436 g/mol. The maximum atomic E-state index is 13.5. The molecule has 6 rings (SSSR count). The van der Waals surface area contributed by atoms with Crippen LogP contribution in [0.25, 0.3) is 16.9 Å². The number of nitrogens with zero attached hydrogens (tertiary/aromatic N) is 6. The van der Waals surface area contributed by atoms with Crippen molar-refractivity contribution in [2.75, 3.05) is 41.7 Å². The van der Waals surface area contributed by atoms with E-state index in [4.69, 9.17) is 5.73 Å². The number of anilines is 3. The van der Waals surface area contributed by atoms with E-state index in [9.17, 15) is 8.78 Å². The molecule has 7 nitrogen and oxygen atoms in total. The topological polar surface area (TPSA) is 76.1 Å². The van der Waals surface area contributed by atoms with E-state index in [1.54, 1.807) is 12.4 Å². The number of rotatable bonds is 4. The average Bonchev–Trinajstić information content (AvgIpc) is 3.40. The van der Waals surface area contributed by atoms with Gasteiger partial charge in [-0.2, -0.15) is 5.10 Å². The van der Waals surface area contributed by atoms with Crippen molar-refractivity contribution in [3.8, 4) is 16.9 Å². The molecule has 4 heterocycles. The van der Waals surface area contributed by atoms with Crippen molar-refractivity contribution in [1.29, 1.82) is 0 Å². The van der Waals surface area contributed by atoms with Crippen LogP contribution in [-0.4, -0.2) is 51.8 Å². The van der Waals surface area contributed by atoms with Crippen molar-refractivity contribution >= 4 is 17.3 Å². The Morgan fingerprint density at radius 1 is 0.853 bits per heavy atom. The SMILES string of the molecule is Nc1ccc(-n2cc(-c3ccnc(N4CCC(F)(F)CC4)n3)cn2)c(N2CCC3(CC2)CC3)c1. The molecule has 0 unspecified atom stereocenters. The molecule has 3 aromatic rings. The first-order valence-electron chi connectivity index (χ1n) is 12.1. The van der Waals surface area contributed by atoms with Crippen molar-refractivity contribution < 1.29 is 8.78 Å². The molecule has 0 radical (unpaired) electrons. The predicted octanol–water partition coefficient (Wildman–Crippen LogP) is 4.53. The first-order chi connectivity index (χ1) is 16.4. The quantitative estimate of drug-likeness (QED) is 0.571. The van der Waals surface area contributed by atoms with Crippen LogP contribution in [0.4, 0.5) is 26.1 Å². The Balaban J connectivity index is 1.25. The third-order valence-electron chi connectivity index (χ3n) is 7.67. The van der Waals surface area contributed by atoms with E-state index in [1.807, 2.05) is 40.0 Å². The first kappa shape index (κ1) is 21.3. The molecule has 3 aliphatic rings. The number of alkyl halides is 2. The number of piperidine rings is 2. The van der Waals surface area contributed by atoms with Gasteiger partial charge in [0.2, 0.25) is 5.95 Å². The van der Waals surface area contributed by atoms with Gasteiger partial charge in [0.25, 0.3) is 5.92 Å². The molecule has 2 N–H and O–H groups in total. The highest BCUT2D eigenvalue weighted by atomic mass is 19.3. The van der Waals surface area contributed by atoms with Gasteiger partial charge in [-0.15, -0.1) is 0 Å². The second-order valence-corrected chi connectivity index (χ2v) is 9.99. The minimum absolute atomic E-state index is 0.171. The van der Waals surface area contributed by atoms with Crippen LogP contribution < -0.4 is 15.5 Å². The molecule has 3 fully saturated rings. The third-order valence-corrected chi connectivity index (χ3v) is 7.67. The molecule has 2 aromatic heterocycles. The molecule has 0 bridgehead atoms. The minimum Gasteiger partial charge on any atom is -0.399 e. The third kappa shape index (κ3) is 4.08. The van der Waals surface area contributed by atoms with E-state index in [0.29, 0.717) is 11.4 Å². The highest BCUT2D eigenvalue weighted by Gasteiger charge is 2.44. The molecule has 9 heteroatoms. The largest absolute Gasteiger partial charge is 0.399 e. The summed E-state index contributed by atoms with van der Waals surface area (Å²) in [4.78, 5) is 13.2. The molecule has 0 atom stereocenters. The van der Waals surface area contributed by atoms with Gasteiger partial charge < -0.3 is 15.5 Å². The second kappa shape index (κ2) is 7.92. The lowest BCUT2D eigenvalue weighted by atomic mass is 9.93. The van der Waals surface area contributed by atoms with Gasteiger partial charge in [-0.05, 0) is 55.4 Å². The van der Waals surface area contributed by atoms with Crippen LogP contribution >= 0.6 is 0 Å². The van der Waals surface area contributed by atoms with Gasteiger partial charge in [0.15, 0.2) is 0 Å². The molecule has 1 saturated carbocycles. The van der Waals surface area contributed by atoms with Gasteiger partial charge in [-0.1, -0.05) is 0 Å². The Morgan fingerprint density at radius 3 is 2.32 bits per heavy atom. The minimum atomic E-state index is -2.60. The number of hydrogen-bond acceptors (Lipinski definition) is 6. The fourth-order valence-corrected chi connectivity index (χ4v) is 5.17. The predicted molar refractivity (Wildman–Crippen MR) is 129 cm³/mol. The smallest absolute Gasteiger partial charge is 0.251 e. The van der Waals surface area contributed by atoms with Gasteiger partial charge in [-0.3, -0.25) is 0 Å². The van der Waals surface area contributed by atoms with Crippen molar-refractivity contribution in [3.63, 3.8) is 0 Å². The fraction of sp³-hybridized carbons (Fsp3) is 0.480. The molecule has 1 aliphatic carbocycles.